The van der Waals surface area contributed by atoms with E-state index in [1.807, 2.05) is 31.2 Å². The molecule has 1 fully saturated rings. The predicted octanol–water partition coefficient (Wildman–Crippen LogP) is 2.21. The van der Waals surface area contributed by atoms with E-state index in [1.54, 1.807) is 0 Å². The second-order valence-corrected chi connectivity index (χ2v) is 6.61. The third-order valence-electron chi connectivity index (χ3n) is 4.61. The first-order valence-corrected chi connectivity index (χ1v) is 7.47. The number of carbonyl (C=O) groups excluding carboxylic acids is 3. The topological polar surface area (TPSA) is 71.4 Å². The Labute approximate surface area is 130 Å². The number of hydrogen-bond donors (Lipinski definition) is 1. The fourth-order valence-corrected chi connectivity index (χ4v) is 3.70. The standard InChI is InChI=1S/C18H22O4/c1-10-5-7-13(8-6-10)16-15(11(2)19)14(21)9-18(4,22)17(16)12(3)20/h5-8,15-17,22H,9H2,1-4H3/t15-,16+,17-,18-/m1/s1. The zero-order chi connectivity index (χ0) is 16.7. The Morgan fingerprint density at radius 3 is 2.14 bits per heavy atom. The maximum Gasteiger partial charge on any atom is 0.146 e. The molecule has 0 amide bonds. The van der Waals surface area contributed by atoms with Crippen LogP contribution in [0, 0.1) is 18.8 Å². The molecule has 1 N–H and O–H groups in total. The molecule has 0 spiro atoms. The molecule has 0 bridgehead atoms. The summed E-state index contributed by atoms with van der Waals surface area (Å²) >= 11 is 0. The van der Waals surface area contributed by atoms with Crippen LogP contribution in [0.25, 0.3) is 0 Å². The largest absolute Gasteiger partial charge is 0.389 e. The summed E-state index contributed by atoms with van der Waals surface area (Å²) in [5.41, 5.74) is 0.375. The molecule has 1 aromatic carbocycles. The van der Waals surface area contributed by atoms with Crippen LogP contribution in [0.4, 0.5) is 0 Å². The first-order valence-electron chi connectivity index (χ1n) is 7.47. The minimum absolute atomic E-state index is 0.163. The lowest BCUT2D eigenvalue weighted by Gasteiger charge is -2.44. The van der Waals surface area contributed by atoms with Gasteiger partial charge in [0.25, 0.3) is 0 Å². The van der Waals surface area contributed by atoms with Crippen molar-refractivity contribution in [2.45, 2.75) is 45.6 Å². The van der Waals surface area contributed by atoms with Crippen molar-refractivity contribution < 1.29 is 19.5 Å². The van der Waals surface area contributed by atoms with Gasteiger partial charge < -0.3 is 5.11 Å². The second kappa shape index (κ2) is 5.76. The van der Waals surface area contributed by atoms with Crippen molar-refractivity contribution in [2.75, 3.05) is 0 Å². The number of ketones is 3. The molecule has 22 heavy (non-hydrogen) atoms. The van der Waals surface area contributed by atoms with Crippen LogP contribution in [-0.2, 0) is 14.4 Å². The van der Waals surface area contributed by atoms with Crippen LogP contribution in [0.3, 0.4) is 0 Å². The lowest BCUT2D eigenvalue weighted by molar-refractivity contribution is -0.151. The number of carbonyl (C=O) groups is 3. The van der Waals surface area contributed by atoms with Gasteiger partial charge in [-0.3, -0.25) is 14.4 Å². The first kappa shape index (κ1) is 16.6. The molecule has 1 aliphatic rings. The molecule has 4 heteroatoms. The van der Waals surface area contributed by atoms with Crippen LogP contribution in [0.1, 0.15) is 44.2 Å². The molecule has 0 saturated heterocycles. The summed E-state index contributed by atoms with van der Waals surface area (Å²) in [4.78, 5) is 36.6. The maximum absolute atomic E-state index is 12.4. The molecule has 1 aromatic rings. The lowest BCUT2D eigenvalue weighted by atomic mass is 9.60. The van der Waals surface area contributed by atoms with E-state index in [1.165, 1.54) is 20.8 Å². The minimum atomic E-state index is -1.43. The average molecular weight is 302 g/mol. The summed E-state index contributed by atoms with van der Waals surface area (Å²) in [5.74, 6) is -2.97. The van der Waals surface area contributed by atoms with Crippen molar-refractivity contribution in [3.63, 3.8) is 0 Å². The molecule has 4 nitrogen and oxygen atoms in total. The van der Waals surface area contributed by atoms with Crippen LogP contribution < -0.4 is 0 Å². The van der Waals surface area contributed by atoms with E-state index in [0.717, 1.165) is 11.1 Å². The number of rotatable bonds is 3. The number of Topliss-reactive ketones (excluding diaryl/α,β-unsaturated/α-hetero) is 3. The monoisotopic (exact) mass is 302 g/mol. The summed E-state index contributed by atoms with van der Waals surface area (Å²) in [6.45, 7) is 6.24. The molecule has 0 aliphatic heterocycles. The zero-order valence-electron chi connectivity index (χ0n) is 13.4. The molecule has 118 valence electrons. The third kappa shape index (κ3) is 2.88. The highest BCUT2D eigenvalue weighted by Gasteiger charge is 2.53. The minimum Gasteiger partial charge on any atom is -0.389 e. The summed E-state index contributed by atoms with van der Waals surface area (Å²) in [5, 5.41) is 10.6. The van der Waals surface area contributed by atoms with Crippen LogP contribution in [0.5, 0.6) is 0 Å². The predicted molar refractivity (Wildman–Crippen MR) is 82.5 cm³/mol. The number of aliphatic hydroxyl groups is 1. The van der Waals surface area contributed by atoms with E-state index in [2.05, 4.69) is 0 Å². The van der Waals surface area contributed by atoms with Gasteiger partial charge in [-0.25, -0.2) is 0 Å². The van der Waals surface area contributed by atoms with Crippen LogP contribution in [0.15, 0.2) is 24.3 Å². The van der Waals surface area contributed by atoms with Gasteiger partial charge in [0.1, 0.15) is 17.3 Å². The number of benzene rings is 1. The highest BCUT2D eigenvalue weighted by atomic mass is 16.3. The Balaban J connectivity index is 2.61. The van der Waals surface area contributed by atoms with Gasteiger partial charge >= 0.3 is 0 Å². The van der Waals surface area contributed by atoms with E-state index in [4.69, 9.17) is 0 Å². The normalized spacial score (nSPS) is 31.9. The van der Waals surface area contributed by atoms with E-state index in [-0.39, 0.29) is 23.8 Å². The van der Waals surface area contributed by atoms with Gasteiger partial charge in [0.2, 0.25) is 0 Å². The SMILES string of the molecule is CC(=O)[C@@H]1C(=O)C[C@@](C)(O)[C@H](C(C)=O)[C@H]1c1ccc(C)cc1. The van der Waals surface area contributed by atoms with Crippen LogP contribution in [0.2, 0.25) is 0 Å². The fraction of sp³-hybridized carbons (Fsp3) is 0.500. The van der Waals surface area contributed by atoms with Crippen molar-refractivity contribution >= 4 is 17.3 Å². The molecule has 1 aliphatic carbocycles. The van der Waals surface area contributed by atoms with Gasteiger partial charge in [0.15, 0.2) is 0 Å². The Kier molecular flexibility index (Phi) is 4.34. The molecule has 0 unspecified atom stereocenters. The van der Waals surface area contributed by atoms with Crippen LogP contribution >= 0.6 is 0 Å². The van der Waals surface area contributed by atoms with Crippen molar-refractivity contribution in [2.24, 2.45) is 11.8 Å². The van der Waals surface area contributed by atoms with Gasteiger partial charge in [-0.15, -0.1) is 0 Å². The molecular formula is C18H22O4. The summed E-state index contributed by atoms with van der Waals surface area (Å²) in [6, 6.07) is 7.44. The van der Waals surface area contributed by atoms with Gasteiger partial charge in [-0.05, 0) is 33.3 Å². The molecule has 4 atom stereocenters. The lowest BCUT2D eigenvalue weighted by Crippen LogP contribution is -2.53. The quantitative estimate of drug-likeness (QED) is 0.869. The fourth-order valence-electron chi connectivity index (χ4n) is 3.70. The van der Waals surface area contributed by atoms with Gasteiger partial charge in [-0.2, -0.15) is 0 Å². The van der Waals surface area contributed by atoms with Gasteiger partial charge in [0.05, 0.1) is 17.4 Å². The third-order valence-corrected chi connectivity index (χ3v) is 4.61. The smallest absolute Gasteiger partial charge is 0.146 e. The average Bonchev–Trinajstić information content (AvgIpc) is 2.36. The second-order valence-electron chi connectivity index (χ2n) is 6.61. The van der Waals surface area contributed by atoms with E-state index >= 15 is 0 Å². The van der Waals surface area contributed by atoms with Crippen LogP contribution in [-0.4, -0.2) is 28.1 Å². The Hall–Kier alpha value is -1.81. The molecule has 0 radical (unpaired) electrons. The Bertz CT molecular complexity index is 612. The molecular weight excluding hydrogens is 280 g/mol. The molecule has 1 saturated carbocycles. The Morgan fingerprint density at radius 1 is 1.14 bits per heavy atom. The maximum atomic E-state index is 12.4. The molecule has 0 heterocycles. The van der Waals surface area contributed by atoms with Crippen molar-refractivity contribution in [1.29, 1.82) is 0 Å². The highest BCUT2D eigenvalue weighted by Crippen LogP contribution is 2.46. The first-order chi connectivity index (χ1) is 10.1. The van der Waals surface area contributed by atoms with Gasteiger partial charge in [0, 0.05) is 12.3 Å². The molecule has 2 rings (SSSR count). The molecule has 0 aromatic heterocycles. The van der Waals surface area contributed by atoms with E-state index in [9.17, 15) is 19.5 Å². The van der Waals surface area contributed by atoms with E-state index in [0.29, 0.717) is 0 Å². The number of hydrogen-bond acceptors (Lipinski definition) is 4. The van der Waals surface area contributed by atoms with Crippen molar-refractivity contribution in [3.8, 4) is 0 Å². The van der Waals surface area contributed by atoms with Crippen molar-refractivity contribution in [1.82, 2.24) is 0 Å². The summed E-state index contributed by atoms with van der Waals surface area (Å²) in [7, 11) is 0. The van der Waals surface area contributed by atoms with Crippen molar-refractivity contribution in [3.05, 3.63) is 35.4 Å². The Morgan fingerprint density at radius 2 is 1.68 bits per heavy atom. The zero-order valence-corrected chi connectivity index (χ0v) is 13.4. The number of aryl methyl sites for hydroxylation is 1. The highest BCUT2D eigenvalue weighted by molar-refractivity contribution is 6.05. The van der Waals surface area contributed by atoms with Gasteiger partial charge in [-0.1, -0.05) is 29.8 Å². The van der Waals surface area contributed by atoms with E-state index < -0.39 is 23.4 Å². The summed E-state index contributed by atoms with van der Waals surface area (Å²) in [6.07, 6.45) is -0.163. The summed E-state index contributed by atoms with van der Waals surface area (Å²) < 4.78 is 0.